The Bertz CT molecular complexity index is 1090. The van der Waals surface area contributed by atoms with Crippen LogP contribution in [0.1, 0.15) is 5.56 Å². The molecule has 9 heteroatoms. The largest absolute Gasteiger partial charge is 0.495 e. The number of guanidine groups is 1. The monoisotopic (exact) mass is 439 g/mol. The Hall–Kier alpha value is -3.26. The highest BCUT2D eigenvalue weighted by molar-refractivity contribution is 6.30. The van der Waals surface area contributed by atoms with Crippen molar-refractivity contribution < 1.29 is 14.3 Å². The van der Waals surface area contributed by atoms with Gasteiger partial charge in [0.25, 0.3) is 5.91 Å². The number of anilines is 1. The normalized spacial score (nSPS) is 22.6. The molecule has 2 aromatic carbocycles. The molecule has 0 radical (unpaired) electrons. The maximum Gasteiger partial charge on any atom is 0.328 e. The summed E-state index contributed by atoms with van der Waals surface area (Å²) in [5.41, 5.74) is 1.69. The molecule has 3 amide bonds. The molecule has 3 aliphatic heterocycles. The summed E-state index contributed by atoms with van der Waals surface area (Å²) >= 11 is 6.08. The lowest BCUT2D eigenvalue weighted by molar-refractivity contribution is -0.137. The van der Waals surface area contributed by atoms with Crippen molar-refractivity contribution in [2.24, 2.45) is 4.99 Å². The van der Waals surface area contributed by atoms with Crippen molar-refractivity contribution in [1.82, 2.24) is 14.7 Å². The van der Waals surface area contributed by atoms with Crippen LogP contribution in [0.2, 0.25) is 5.02 Å². The second-order valence-corrected chi connectivity index (χ2v) is 8.19. The van der Waals surface area contributed by atoms with Crippen molar-refractivity contribution in [1.29, 1.82) is 0 Å². The first-order valence-electron chi connectivity index (χ1n) is 10.1. The van der Waals surface area contributed by atoms with Gasteiger partial charge in [0.15, 0.2) is 12.2 Å². The fourth-order valence-corrected chi connectivity index (χ4v) is 4.69. The van der Waals surface area contributed by atoms with E-state index in [4.69, 9.17) is 21.3 Å². The van der Waals surface area contributed by atoms with Gasteiger partial charge in [-0.3, -0.25) is 9.69 Å². The molecule has 160 valence electrons. The molecule has 0 aromatic heterocycles. The van der Waals surface area contributed by atoms with Gasteiger partial charge in [-0.2, -0.15) is 0 Å². The van der Waals surface area contributed by atoms with E-state index < -0.39 is 12.2 Å². The Balaban J connectivity index is 1.45. The first-order chi connectivity index (χ1) is 15.0. The lowest BCUT2D eigenvalue weighted by Crippen LogP contribution is -2.64. The third-order valence-corrected chi connectivity index (χ3v) is 6.22. The van der Waals surface area contributed by atoms with Crippen LogP contribution in [0.15, 0.2) is 53.5 Å². The number of likely N-dealkylation sites (N-methyl/N-ethyl adjacent to an activating group) is 1. The van der Waals surface area contributed by atoms with Crippen LogP contribution in [-0.2, 0) is 11.3 Å². The molecule has 2 unspecified atom stereocenters. The minimum absolute atomic E-state index is 0.172. The standard InChI is InChI=1S/C22H22ClN5O3/c1-25-19-18(20(29)28(22(25)30)13-14-6-5-7-15(23)12-14)27-11-10-26(21(27)24-19)16-8-3-4-9-17(16)31-2/h3-9,12,18-19H,10-11,13H2,1-2H3. The molecule has 0 spiro atoms. The number of hydrogen-bond donors (Lipinski definition) is 0. The number of fused-ring (bicyclic) bond motifs is 3. The van der Waals surface area contributed by atoms with Crippen LogP contribution in [0.5, 0.6) is 5.75 Å². The van der Waals surface area contributed by atoms with E-state index in [1.54, 1.807) is 31.2 Å². The number of carbonyl (C=O) groups excluding carboxylic acids is 2. The van der Waals surface area contributed by atoms with Crippen LogP contribution >= 0.6 is 11.6 Å². The number of benzene rings is 2. The fraction of sp³-hybridized carbons (Fsp3) is 0.318. The van der Waals surface area contributed by atoms with E-state index in [1.807, 2.05) is 46.2 Å². The van der Waals surface area contributed by atoms with E-state index in [2.05, 4.69) is 0 Å². The number of hydrogen-bond acceptors (Lipinski definition) is 6. The zero-order valence-electron chi connectivity index (χ0n) is 17.2. The number of rotatable bonds is 4. The maximum absolute atomic E-state index is 13.4. The minimum atomic E-state index is -0.553. The molecule has 3 heterocycles. The first-order valence-corrected chi connectivity index (χ1v) is 10.4. The number of halogens is 1. The molecular weight excluding hydrogens is 418 g/mol. The molecule has 0 N–H and O–H groups in total. The second kappa shape index (κ2) is 7.46. The summed E-state index contributed by atoms with van der Waals surface area (Å²) in [7, 11) is 3.32. The number of aliphatic imine (C=N–C) groups is 1. The van der Waals surface area contributed by atoms with Crippen LogP contribution < -0.4 is 9.64 Å². The smallest absolute Gasteiger partial charge is 0.328 e. The van der Waals surface area contributed by atoms with Crippen molar-refractivity contribution in [2.45, 2.75) is 18.8 Å². The summed E-state index contributed by atoms with van der Waals surface area (Å²) < 4.78 is 5.51. The Morgan fingerprint density at radius 2 is 1.94 bits per heavy atom. The van der Waals surface area contributed by atoms with Crippen molar-refractivity contribution in [3.63, 3.8) is 0 Å². The van der Waals surface area contributed by atoms with Crippen molar-refractivity contribution in [2.75, 3.05) is 32.1 Å². The molecule has 0 bridgehead atoms. The van der Waals surface area contributed by atoms with E-state index in [1.165, 1.54) is 4.90 Å². The third-order valence-electron chi connectivity index (χ3n) is 5.98. The van der Waals surface area contributed by atoms with E-state index in [0.29, 0.717) is 24.1 Å². The Morgan fingerprint density at radius 3 is 2.71 bits per heavy atom. The maximum atomic E-state index is 13.4. The number of methoxy groups -OCH3 is 1. The Kier molecular flexibility index (Phi) is 4.74. The number of nitrogens with zero attached hydrogens (tertiary/aromatic N) is 5. The Morgan fingerprint density at radius 1 is 1.13 bits per heavy atom. The van der Waals surface area contributed by atoms with E-state index in [0.717, 1.165) is 17.0 Å². The SMILES string of the molecule is COc1ccccc1N1CCN2C1=NC1C2C(=O)N(Cc2cccc(Cl)c2)C(=O)N1C. The summed E-state index contributed by atoms with van der Waals surface area (Å²) in [6.45, 7) is 1.49. The highest BCUT2D eigenvalue weighted by Crippen LogP contribution is 2.36. The topological polar surface area (TPSA) is 68.7 Å². The quantitative estimate of drug-likeness (QED) is 0.732. The molecule has 2 aromatic rings. The molecule has 3 aliphatic rings. The van der Waals surface area contributed by atoms with Crippen LogP contribution in [0.4, 0.5) is 10.5 Å². The van der Waals surface area contributed by atoms with Gasteiger partial charge in [-0.05, 0) is 29.8 Å². The zero-order valence-corrected chi connectivity index (χ0v) is 18.0. The summed E-state index contributed by atoms with van der Waals surface area (Å²) in [6.07, 6.45) is -0.553. The summed E-state index contributed by atoms with van der Waals surface area (Å²) in [6, 6.07) is 14.0. The molecule has 0 saturated carbocycles. The van der Waals surface area contributed by atoms with Gasteiger partial charge in [0.2, 0.25) is 5.96 Å². The van der Waals surface area contributed by atoms with Crippen molar-refractivity contribution in [3.05, 3.63) is 59.1 Å². The highest BCUT2D eigenvalue weighted by Gasteiger charge is 2.54. The van der Waals surface area contributed by atoms with E-state index >= 15 is 0 Å². The average molecular weight is 440 g/mol. The van der Waals surface area contributed by atoms with Gasteiger partial charge in [-0.1, -0.05) is 35.9 Å². The number of carbonyl (C=O) groups is 2. The molecule has 2 saturated heterocycles. The van der Waals surface area contributed by atoms with E-state index in [-0.39, 0.29) is 18.5 Å². The molecule has 5 rings (SSSR count). The van der Waals surface area contributed by atoms with Crippen LogP contribution in [0.3, 0.4) is 0 Å². The minimum Gasteiger partial charge on any atom is -0.495 e. The van der Waals surface area contributed by atoms with Crippen LogP contribution in [-0.4, -0.2) is 72.1 Å². The number of imide groups is 1. The summed E-state index contributed by atoms with van der Waals surface area (Å²) in [4.78, 5) is 38.1. The van der Waals surface area contributed by atoms with Gasteiger partial charge >= 0.3 is 6.03 Å². The highest BCUT2D eigenvalue weighted by atomic mass is 35.5. The molecule has 8 nitrogen and oxygen atoms in total. The number of para-hydroxylation sites is 2. The van der Waals surface area contributed by atoms with Gasteiger partial charge in [0.05, 0.1) is 19.3 Å². The van der Waals surface area contributed by atoms with Crippen LogP contribution in [0, 0.1) is 0 Å². The molecule has 31 heavy (non-hydrogen) atoms. The van der Waals surface area contributed by atoms with Gasteiger partial charge in [-0.15, -0.1) is 0 Å². The molecular formula is C22H22ClN5O3. The number of amides is 3. The Labute approximate surface area is 185 Å². The van der Waals surface area contributed by atoms with Gasteiger partial charge in [0.1, 0.15) is 5.75 Å². The number of urea groups is 1. The zero-order chi connectivity index (χ0) is 21.7. The number of ether oxygens (including phenoxy) is 1. The van der Waals surface area contributed by atoms with Gasteiger partial charge in [0, 0.05) is 25.2 Å². The van der Waals surface area contributed by atoms with E-state index in [9.17, 15) is 9.59 Å². The predicted octanol–water partition coefficient (Wildman–Crippen LogP) is 2.63. The lowest BCUT2D eigenvalue weighted by Gasteiger charge is -2.40. The van der Waals surface area contributed by atoms with Crippen molar-refractivity contribution in [3.8, 4) is 5.75 Å². The van der Waals surface area contributed by atoms with Gasteiger partial charge in [-0.25, -0.2) is 9.79 Å². The summed E-state index contributed by atoms with van der Waals surface area (Å²) in [5, 5.41) is 0.569. The third kappa shape index (κ3) is 3.09. The predicted molar refractivity (Wildman–Crippen MR) is 117 cm³/mol. The van der Waals surface area contributed by atoms with Crippen molar-refractivity contribution >= 4 is 35.2 Å². The lowest BCUT2D eigenvalue weighted by atomic mass is 10.1. The first kappa shape index (κ1) is 19.7. The summed E-state index contributed by atoms with van der Waals surface area (Å²) in [5.74, 6) is 1.19. The molecule has 0 aliphatic carbocycles. The fourth-order valence-electron chi connectivity index (χ4n) is 4.48. The molecule has 2 atom stereocenters. The van der Waals surface area contributed by atoms with Crippen LogP contribution in [0.25, 0.3) is 0 Å². The van der Waals surface area contributed by atoms with Gasteiger partial charge < -0.3 is 19.4 Å². The second-order valence-electron chi connectivity index (χ2n) is 7.75. The molecule has 2 fully saturated rings. The average Bonchev–Trinajstić information content (AvgIpc) is 3.35.